The lowest BCUT2D eigenvalue weighted by molar-refractivity contribution is 0.662. The molecule has 0 aromatic carbocycles. The van der Waals surface area contributed by atoms with Crippen molar-refractivity contribution in [1.82, 2.24) is 14.5 Å². The molecule has 0 radical (unpaired) electrons. The van der Waals surface area contributed by atoms with E-state index in [0.29, 0.717) is 12.3 Å². The van der Waals surface area contributed by atoms with Gasteiger partial charge in [0.25, 0.3) is 0 Å². The van der Waals surface area contributed by atoms with E-state index >= 15 is 0 Å². The van der Waals surface area contributed by atoms with E-state index in [-0.39, 0.29) is 0 Å². The van der Waals surface area contributed by atoms with Crippen LogP contribution in [-0.2, 0) is 0 Å². The van der Waals surface area contributed by atoms with Gasteiger partial charge in [-0.25, -0.2) is 9.44 Å². The highest BCUT2D eigenvalue weighted by Crippen LogP contribution is 2.34. The van der Waals surface area contributed by atoms with E-state index in [2.05, 4.69) is 51.5 Å². The Labute approximate surface area is 121 Å². The fraction of sp³-hybridized carbons (Fsp3) is 0.333. The third-order valence-corrected chi connectivity index (χ3v) is 5.16. The molecule has 2 unspecified atom stereocenters. The summed E-state index contributed by atoms with van der Waals surface area (Å²) in [7, 11) is 0. The van der Waals surface area contributed by atoms with Crippen molar-refractivity contribution < 1.29 is 0 Å². The predicted molar refractivity (Wildman–Crippen MR) is 84.7 cm³/mol. The van der Waals surface area contributed by atoms with Crippen LogP contribution in [0, 0.1) is 0 Å². The Bertz CT molecular complexity index is 569. The first-order valence-corrected chi connectivity index (χ1v) is 10.0. The highest BCUT2D eigenvalue weighted by molar-refractivity contribution is 14.2. The standard InChI is InChI=1S/C12H14IN4P/c1-8-4-6-14-10-3-2-9(16-12(8)10)11-5-7-15-17(11)18-13/h2-3,5,7-8,14,18H,4,6H2,1H3. The molecular weight excluding hydrogens is 358 g/mol. The Hall–Kier alpha value is -0.680. The molecule has 94 valence electrons. The highest BCUT2D eigenvalue weighted by Gasteiger charge is 2.18. The van der Waals surface area contributed by atoms with Crippen LogP contribution in [0.15, 0.2) is 24.4 Å². The first-order valence-electron chi connectivity index (χ1n) is 5.95. The van der Waals surface area contributed by atoms with Crippen molar-refractivity contribution in [2.75, 3.05) is 11.9 Å². The highest BCUT2D eigenvalue weighted by atomic mass is 127. The average molecular weight is 372 g/mol. The molecule has 0 saturated heterocycles. The van der Waals surface area contributed by atoms with Gasteiger partial charge in [0.15, 0.2) is 0 Å². The Balaban J connectivity index is 2.06. The van der Waals surface area contributed by atoms with Gasteiger partial charge >= 0.3 is 0 Å². The topological polar surface area (TPSA) is 42.7 Å². The van der Waals surface area contributed by atoms with Crippen LogP contribution in [-0.4, -0.2) is 21.1 Å². The van der Waals surface area contributed by atoms with Crippen molar-refractivity contribution in [3.8, 4) is 11.4 Å². The zero-order chi connectivity index (χ0) is 12.5. The van der Waals surface area contributed by atoms with E-state index in [4.69, 9.17) is 4.98 Å². The van der Waals surface area contributed by atoms with E-state index in [1.54, 1.807) is 0 Å². The summed E-state index contributed by atoms with van der Waals surface area (Å²) in [4.78, 5) is 4.82. The van der Waals surface area contributed by atoms with Gasteiger partial charge in [-0.15, -0.1) is 0 Å². The second kappa shape index (κ2) is 5.13. The van der Waals surface area contributed by atoms with Crippen LogP contribution < -0.4 is 5.32 Å². The van der Waals surface area contributed by atoms with Crippen molar-refractivity contribution in [2.45, 2.75) is 19.3 Å². The zero-order valence-electron chi connectivity index (χ0n) is 10.0. The second-order valence-electron chi connectivity index (χ2n) is 4.46. The Morgan fingerprint density at radius 3 is 3.17 bits per heavy atom. The summed E-state index contributed by atoms with van der Waals surface area (Å²) in [5.41, 5.74) is 4.48. The van der Waals surface area contributed by atoms with E-state index in [9.17, 15) is 0 Å². The van der Waals surface area contributed by atoms with Gasteiger partial charge in [-0.05, 0) is 46.7 Å². The van der Waals surface area contributed by atoms with Gasteiger partial charge in [0, 0.05) is 18.7 Å². The molecule has 1 N–H and O–H groups in total. The molecular formula is C12H14IN4P. The number of nitrogens with one attached hydrogen (secondary N) is 1. The van der Waals surface area contributed by atoms with Gasteiger partial charge in [-0.1, -0.05) is 6.92 Å². The van der Waals surface area contributed by atoms with Crippen LogP contribution in [0.4, 0.5) is 5.69 Å². The van der Waals surface area contributed by atoms with Crippen LogP contribution in [0.5, 0.6) is 0 Å². The van der Waals surface area contributed by atoms with Crippen molar-refractivity contribution in [3.63, 3.8) is 0 Å². The second-order valence-corrected chi connectivity index (χ2v) is 6.50. The minimum absolute atomic E-state index is 0.527. The number of rotatable bonds is 2. The van der Waals surface area contributed by atoms with Gasteiger partial charge in [0.1, 0.15) is 0 Å². The molecule has 0 aliphatic carbocycles. The number of nitrogens with zero attached hydrogens (tertiary/aromatic N) is 3. The fourth-order valence-electron chi connectivity index (χ4n) is 2.27. The van der Waals surface area contributed by atoms with Crippen molar-refractivity contribution in [1.29, 1.82) is 0 Å². The fourth-order valence-corrected chi connectivity index (χ4v) is 3.81. The first-order chi connectivity index (χ1) is 8.79. The van der Waals surface area contributed by atoms with Crippen molar-refractivity contribution in [3.05, 3.63) is 30.1 Å². The van der Waals surface area contributed by atoms with Gasteiger partial charge in [0.05, 0.1) is 29.1 Å². The summed E-state index contributed by atoms with van der Waals surface area (Å²) < 4.78 is 2.00. The Kier molecular flexibility index (Phi) is 3.52. The predicted octanol–water partition coefficient (Wildman–Crippen LogP) is 3.66. The van der Waals surface area contributed by atoms with Crippen LogP contribution in [0.25, 0.3) is 11.4 Å². The summed E-state index contributed by atoms with van der Waals surface area (Å²) in [5, 5.41) is 7.72. The van der Waals surface area contributed by atoms with Crippen LogP contribution in [0.3, 0.4) is 0 Å². The normalized spacial score (nSPS) is 18.9. The molecule has 0 fully saturated rings. The number of hydrogen-bond acceptors (Lipinski definition) is 3. The van der Waals surface area contributed by atoms with Crippen molar-refractivity contribution >= 4 is 34.1 Å². The number of anilines is 1. The molecule has 18 heavy (non-hydrogen) atoms. The molecule has 2 atom stereocenters. The molecule has 0 spiro atoms. The lowest BCUT2D eigenvalue weighted by Gasteiger charge is -2.23. The molecule has 0 bridgehead atoms. The molecule has 6 heteroatoms. The molecule has 4 nitrogen and oxygen atoms in total. The van der Waals surface area contributed by atoms with Gasteiger partial charge in [-0.3, -0.25) is 0 Å². The Morgan fingerprint density at radius 2 is 2.33 bits per heavy atom. The van der Waals surface area contributed by atoms with Gasteiger partial charge in [-0.2, -0.15) is 5.10 Å². The summed E-state index contributed by atoms with van der Waals surface area (Å²) in [6.07, 6.45) is 3.59. The molecule has 2 aromatic rings. The molecule has 1 aliphatic heterocycles. The minimum atomic E-state index is 0.527. The van der Waals surface area contributed by atoms with E-state index in [1.807, 2.05) is 16.7 Å². The van der Waals surface area contributed by atoms with Gasteiger partial charge < -0.3 is 5.32 Å². The monoisotopic (exact) mass is 372 g/mol. The van der Waals surface area contributed by atoms with E-state index in [0.717, 1.165) is 24.4 Å². The Morgan fingerprint density at radius 1 is 1.44 bits per heavy atom. The SMILES string of the molecule is CC1CCNc2ccc(-c3ccnn3PI)nc21. The molecule has 2 aromatic heterocycles. The largest absolute Gasteiger partial charge is 0.384 e. The van der Waals surface area contributed by atoms with Crippen LogP contribution in [0.2, 0.25) is 0 Å². The third-order valence-electron chi connectivity index (χ3n) is 3.27. The summed E-state index contributed by atoms with van der Waals surface area (Å²) >= 11 is 2.34. The van der Waals surface area contributed by atoms with Crippen LogP contribution in [0.1, 0.15) is 25.0 Å². The van der Waals surface area contributed by atoms with E-state index in [1.165, 1.54) is 11.4 Å². The quantitative estimate of drug-likeness (QED) is 0.647. The maximum absolute atomic E-state index is 4.82. The van der Waals surface area contributed by atoms with E-state index < -0.39 is 0 Å². The zero-order valence-corrected chi connectivity index (χ0v) is 13.2. The third kappa shape index (κ3) is 2.14. The minimum Gasteiger partial charge on any atom is -0.384 e. The molecule has 0 saturated carbocycles. The maximum Gasteiger partial charge on any atom is 0.0913 e. The molecule has 3 rings (SSSR count). The van der Waals surface area contributed by atoms with Gasteiger partial charge in [0.2, 0.25) is 0 Å². The lowest BCUT2D eigenvalue weighted by Crippen LogP contribution is -2.16. The number of halogens is 1. The maximum atomic E-state index is 4.82. The number of pyridine rings is 1. The smallest absolute Gasteiger partial charge is 0.0913 e. The summed E-state index contributed by atoms with van der Waals surface area (Å²) in [6.45, 7) is 3.29. The number of aromatic nitrogens is 3. The summed E-state index contributed by atoms with van der Waals surface area (Å²) in [5.74, 6) is 0.527. The first kappa shape index (κ1) is 12.4. The van der Waals surface area contributed by atoms with Crippen molar-refractivity contribution in [2.24, 2.45) is 0 Å². The van der Waals surface area contributed by atoms with Crippen LogP contribution >= 0.6 is 28.4 Å². The number of fused-ring (bicyclic) bond motifs is 1. The summed E-state index contributed by atoms with van der Waals surface area (Å²) in [6, 6.07) is 6.25. The molecule has 1 aliphatic rings. The average Bonchev–Trinajstić information content (AvgIpc) is 2.87. The lowest BCUT2D eigenvalue weighted by atomic mass is 9.97. The molecule has 0 amide bonds. The number of hydrogen-bond donors (Lipinski definition) is 1. The molecule has 3 heterocycles.